The highest BCUT2D eigenvalue weighted by Gasteiger charge is 2.34. The number of halogens is 1. The number of thiophene rings is 1. The van der Waals surface area contributed by atoms with E-state index in [4.69, 9.17) is 0 Å². The summed E-state index contributed by atoms with van der Waals surface area (Å²) in [5.41, 5.74) is 0. The number of nitrogens with zero attached hydrogens (tertiary/aromatic N) is 1. The van der Waals surface area contributed by atoms with Crippen molar-refractivity contribution in [3.8, 4) is 0 Å². The van der Waals surface area contributed by atoms with Gasteiger partial charge in [-0.3, -0.25) is 14.5 Å². The molecule has 5 nitrogen and oxygen atoms in total. The monoisotopic (exact) mass is 346 g/mol. The maximum Gasteiger partial charge on any atom is 0.293 e. The fourth-order valence-electron chi connectivity index (χ4n) is 1.30. The fourth-order valence-corrected chi connectivity index (χ4v) is 3.58. The quantitative estimate of drug-likeness (QED) is 0.771. The van der Waals surface area contributed by atoms with Gasteiger partial charge in [0.1, 0.15) is 0 Å². The molecule has 0 radical (unpaired) electrons. The minimum absolute atomic E-state index is 0.218. The second-order valence-corrected chi connectivity index (χ2v) is 6.16. The molecule has 8 heteroatoms. The van der Waals surface area contributed by atoms with Crippen LogP contribution >= 0.6 is 39.0 Å². The predicted octanol–water partition coefficient (Wildman–Crippen LogP) is 1.30. The highest BCUT2D eigenvalue weighted by atomic mass is 79.9. The first-order chi connectivity index (χ1) is 8.47. The maximum atomic E-state index is 11.8. The first kappa shape index (κ1) is 13.3. The van der Waals surface area contributed by atoms with Crippen LogP contribution in [-0.2, 0) is 9.59 Å². The summed E-state index contributed by atoms with van der Waals surface area (Å²) in [7, 11) is 0. The molecule has 0 atom stereocenters. The standard InChI is InChI=1S/C10H6BrNO4S2/c11-5-1-6(17-4-5)2-7-9(15)12(3-8(13)14)10(16)18-7/h1-2,4H,3H2,(H,13,14)/p-1/b7-2+. The van der Waals surface area contributed by atoms with E-state index in [1.807, 2.05) is 5.38 Å². The summed E-state index contributed by atoms with van der Waals surface area (Å²) in [6.07, 6.45) is 1.57. The Morgan fingerprint density at radius 2 is 2.22 bits per heavy atom. The van der Waals surface area contributed by atoms with Crippen LogP contribution in [0.4, 0.5) is 4.79 Å². The van der Waals surface area contributed by atoms with Crippen LogP contribution < -0.4 is 5.11 Å². The van der Waals surface area contributed by atoms with E-state index in [-0.39, 0.29) is 4.91 Å². The Morgan fingerprint density at radius 1 is 1.50 bits per heavy atom. The van der Waals surface area contributed by atoms with Gasteiger partial charge in [0.15, 0.2) is 0 Å². The van der Waals surface area contributed by atoms with E-state index in [1.54, 1.807) is 12.1 Å². The lowest BCUT2D eigenvalue weighted by Crippen LogP contribution is -2.40. The molecule has 0 spiro atoms. The summed E-state index contributed by atoms with van der Waals surface area (Å²) in [5, 5.41) is 11.7. The molecule has 94 valence electrons. The van der Waals surface area contributed by atoms with Gasteiger partial charge in [-0.25, -0.2) is 0 Å². The summed E-state index contributed by atoms with van der Waals surface area (Å²) in [6.45, 7) is -0.712. The fraction of sp³-hybridized carbons (Fsp3) is 0.100. The molecule has 1 saturated heterocycles. The summed E-state index contributed by atoms with van der Waals surface area (Å²) >= 11 is 5.41. The van der Waals surface area contributed by atoms with Crippen molar-refractivity contribution in [3.05, 3.63) is 25.7 Å². The van der Waals surface area contributed by atoms with Crippen molar-refractivity contribution < 1.29 is 19.5 Å². The van der Waals surface area contributed by atoms with E-state index in [0.717, 1.165) is 21.1 Å². The number of amides is 2. The molecule has 0 N–H and O–H groups in total. The van der Waals surface area contributed by atoms with Crippen molar-refractivity contribution in [3.63, 3.8) is 0 Å². The van der Waals surface area contributed by atoms with E-state index in [2.05, 4.69) is 15.9 Å². The molecule has 2 rings (SSSR count). The van der Waals surface area contributed by atoms with Crippen molar-refractivity contribution in [2.45, 2.75) is 0 Å². The highest BCUT2D eigenvalue weighted by Crippen LogP contribution is 2.33. The van der Waals surface area contributed by atoms with Gasteiger partial charge in [0.25, 0.3) is 11.1 Å². The van der Waals surface area contributed by atoms with Crippen LogP contribution in [0.1, 0.15) is 4.88 Å². The number of carbonyl (C=O) groups is 3. The first-order valence-corrected chi connectivity index (χ1v) is 7.15. The third kappa shape index (κ3) is 2.82. The number of carboxylic acids is 1. The molecule has 1 fully saturated rings. The van der Waals surface area contributed by atoms with Crippen LogP contribution in [0, 0.1) is 0 Å². The average molecular weight is 347 g/mol. The maximum absolute atomic E-state index is 11.8. The van der Waals surface area contributed by atoms with Crippen LogP contribution in [0.15, 0.2) is 20.8 Å². The van der Waals surface area contributed by atoms with Crippen molar-refractivity contribution in [2.24, 2.45) is 0 Å². The molecular weight excluding hydrogens is 342 g/mol. The van der Waals surface area contributed by atoms with E-state index in [1.165, 1.54) is 11.3 Å². The topological polar surface area (TPSA) is 77.5 Å². The number of thioether (sulfide) groups is 1. The number of imide groups is 1. The van der Waals surface area contributed by atoms with E-state index in [9.17, 15) is 19.5 Å². The Labute approximate surface area is 119 Å². The van der Waals surface area contributed by atoms with E-state index in [0.29, 0.717) is 4.90 Å². The normalized spacial score (nSPS) is 17.8. The largest absolute Gasteiger partial charge is 0.548 e. The zero-order valence-corrected chi connectivity index (χ0v) is 11.9. The Hall–Kier alpha value is -1.12. The average Bonchev–Trinajstić information content (AvgIpc) is 2.78. The summed E-state index contributed by atoms with van der Waals surface area (Å²) in [4.78, 5) is 35.3. The minimum atomic E-state index is -1.46. The number of carbonyl (C=O) groups excluding carboxylic acids is 3. The van der Waals surface area contributed by atoms with Gasteiger partial charge in [0, 0.05) is 14.7 Å². The summed E-state index contributed by atoms with van der Waals surface area (Å²) in [6, 6.07) is 1.80. The highest BCUT2D eigenvalue weighted by molar-refractivity contribution is 9.10. The molecule has 0 unspecified atom stereocenters. The Morgan fingerprint density at radius 3 is 2.78 bits per heavy atom. The molecule has 1 aromatic rings. The smallest absolute Gasteiger partial charge is 0.293 e. The molecule has 1 aliphatic rings. The molecule has 0 aromatic carbocycles. The second-order valence-electron chi connectivity index (χ2n) is 3.31. The number of rotatable bonds is 3. The number of aliphatic carboxylic acids is 1. The molecular formula is C10H5BrNO4S2-. The van der Waals surface area contributed by atoms with Gasteiger partial charge < -0.3 is 9.90 Å². The zero-order valence-electron chi connectivity index (χ0n) is 8.71. The number of hydrogen-bond donors (Lipinski definition) is 0. The van der Waals surface area contributed by atoms with Crippen LogP contribution in [0.3, 0.4) is 0 Å². The van der Waals surface area contributed by atoms with Gasteiger partial charge in [0.2, 0.25) is 0 Å². The van der Waals surface area contributed by atoms with Crippen LogP contribution in [-0.4, -0.2) is 28.6 Å². The molecule has 2 amide bonds. The number of hydrogen-bond acceptors (Lipinski definition) is 6. The predicted molar refractivity (Wildman–Crippen MR) is 69.7 cm³/mol. The lowest BCUT2D eigenvalue weighted by Gasteiger charge is -2.11. The van der Waals surface area contributed by atoms with Gasteiger partial charge in [-0.1, -0.05) is 0 Å². The Bertz CT molecular complexity index is 566. The lowest BCUT2D eigenvalue weighted by atomic mass is 10.3. The second kappa shape index (κ2) is 5.25. The molecule has 18 heavy (non-hydrogen) atoms. The van der Waals surface area contributed by atoms with E-state index < -0.39 is 23.7 Å². The SMILES string of the molecule is O=C([O-])CN1C(=O)S/C(=C/c2cc(Br)cs2)C1=O. The first-order valence-electron chi connectivity index (χ1n) is 4.66. The third-order valence-corrected chi connectivity index (χ3v) is 4.57. The van der Waals surface area contributed by atoms with Crippen LogP contribution in [0.25, 0.3) is 6.08 Å². The van der Waals surface area contributed by atoms with Crippen molar-refractivity contribution in [1.82, 2.24) is 4.90 Å². The summed E-state index contributed by atoms with van der Waals surface area (Å²) in [5.74, 6) is -2.06. The molecule has 1 aliphatic heterocycles. The molecule has 0 bridgehead atoms. The van der Waals surface area contributed by atoms with Gasteiger partial charge in [-0.15, -0.1) is 11.3 Å². The van der Waals surface area contributed by atoms with Gasteiger partial charge in [-0.05, 0) is 39.8 Å². The molecule has 0 saturated carbocycles. The number of carboxylic acid groups (broad SMARTS) is 1. The van der Waals surface area contributed by atoms with Gasteiger partial charge >= 0.3 is 0 Å². The molecule has 1 aromatic heterocycles. The minimum Gasteiger partial charge on any atom is -0.548 e. The van der Waals surface area contributed by atoms with Crippen LogP contribution in [0.5, 0.6) is 0 Å². The van der Waals surface area contributed by atoms with Crippen LogP contribution in [0.2, 0.25) is 0 Å². The van der Waals surface area contributed by atoms with Crippen molar-refractivity contribution in [2.75, 3.05) is 6.54 Å². The third-order valence-electron chi connectivity index (χ3n) is 2.02. The van der Waals surface area contributed by atoms with E-state index >= 15 is 0 Å². The molecule has 2 heterocycles. The molecule has 0 aliphatic carbocycles. The van der Waals surface area contributed by atoms with Gasteiger partial charge in [0.05, 0.1) is 17.4 Å². The van der Waals surface area contributed by atoms with Gasteiger partial charge in [-0.2, -0.15) is 0 Å². The Balaban J connectivity index is 2.22. The summed E-state index contributed by atoms with van der Waals surface area (Å²) < 4.78 is 0.882. The Kier molecular flexibility index (Phi) is 3.88. The van der Waals surface area contributed by atoms with Crippen molar-refractivity contribution in [1.29, 1.82) is 0 Å². The zero-order chi connectivity index (χ0) is 13.3. The lowest BCUT2D eigenvalue weighted by molar-refractivity contribution is -0.305. The van der Waals surface area contributed by atoms with Crippen molar-refractivity contribution >= 4 is 62.2 Å².